The second kappa shape index (κ2) is 10.4. The highest BCUT2D eigenvalue weighted by molar-refractivity contribution is 5.91. The third kappa shape index (κ3) is 6.37. The summed E-state index contributed by atoms with van der Waals surface area (Å²) >= 11 is 0. The maximum atomic E-state index is 12.7. The third-order valence-corrected chi connectivity index (χ3v) is 4.83. The fraction of sp³-hybridized carbons (Fsp3) is 0.500. The maximum Gasteiger partial charge on any atom is 0.326 e. The molecule has 1 aromatic rings. The molecule has 3 N–H and O–H groups in total. The highest BCUT2D eigenvalue weighted by Gasteiger charge is 2.31. The number of nitrogens with one attached hydrogen (secondary N) is 2. The van der Waals surface area contributed by atoms with Crippen LogP contribution in [0.1, 0.15) is 37.7 Å². The molecule has 8 heteroatoms. The zero-order valence-corrected chi connectivity index (χ0v) is 16.0. The number of likely N-dealkylation sites (N-methyl/N-ethyl adjacent to an activating group) is 1. The van der Waals surface area contributed by atoms with Crippen LogP contribution in [0.3, 0.4) is 0 Å². The lowest BCUT2D eigenvalue weighted by Crippen LogP contribution is -2.51. The van der Waals surface area contributed by atoms with Gasteiger partial charge in [-0.15, -0.1) is 0 Å². The van der Waals surface area contributed by atoms with Gasteiger partial charge in [0.25, 0.3) is 0 Å². The molecule has 0 aliphatic carbocycles. The van der Waals surface area contributed by atoms with E-state index >= 15 is 0 Å². The van der Waals surface area contributed by atoms with Crippen molar-refractivity contribution in [2.75, 3.05) is 13.6 Å². The van der Waals surface area contributed by atoms with Crippen molar-refractivity contribution < 1.29 is 24.3 Å². The van der Waals surface area contributed by atoms with Crippen molar-refractivity contribution in [3.8, 4) is 0 Å². The van der Waals surface area contributed by atoms with Gasteiger partial charge in [0.05, 0.1) is 6.42 Å². The number of hydrogen-bond donors (Lipinski definition) is 3. The number of carbonyl (C=O) groups is 4. The molecule has 28 heavy (non-hydrogen) atoms. The minimum Gasteiger partial charge on any atom is -0.480 e. The first-order valence-corrected chi connectivity index (χ1v) is 9.48. The molecule has 152 valence electrons. The summed E-state index contributed by atoms with van der Waals surface area (Å²) in [7, 11) is 1.49. The summed E-state index contributed by atoms with van der Waals surface area (Å²) in [5, 5.41) is 14.6. The molecule has 1 aromatic carbocycles. The van der Waals surface area contributed by atoms with E-state index in [2.05, 4.69) is 10.6 Å². The van der Waals surface area contributed by atoms with E-state index in [1.165, 1.54) is 11.9 Å². The summed E-state index contributed by atoms with van der Waals surface area (Å²) < 4.78 is 0. The summed E-state index contributed by atoms with van der Waals surface area (Å²) in [4.78, 5) is 50.1. The van der Waals surface area contributed by atoms with Gasteiger partial charge in [-0.2, -0.15) is 0 Å². The summed E-state index contributed by atoms with van der Waals surface area (Å²) in [6.07, 6.45) is 2.14. The quantitative estimate of drug-likeness (QED) is 0.704. The Bertz CT molecular complexity index is 707. The number of carboxylic acid groups (broad SMARTS) is 1. The molecule has 0 unspecified atom stereocenters. The number of amides is 3. The lowest BCUT2D eigenvalue weighted by molar-refractivity contribution is -0.146. The molecule has 8 nitrogen and oxygen atoms in total. The number of carboxylic acids is 1. The Morgan fingerprint density at radius 1 is 1.14 bits per heavy atom. The van der Waals surface area contributed by atoms with Crippen LogP contribution in [0.15, 0.2) is 30.3 Å². The first-order chi connectivity index (χ1) is 13.4. The Labute approximate surface area is 164 Å². The number of hydrogen-bond acceptors (Lipinski definition) is 4. The molecule has 1 saturated heterocycles. The van der Waals surface area contributed by atoms with Gasteiger partial charge in [-0.05, 0) is 18.4 Å². The summed E-state index contributed by atoms with van der Waals surface area (Å²) in [6, 6.07) is 7.25. The number of rotatable bonds is 3. The Balaban J connectivity index is 2.22. The van der Waals surface area contributed by atoms with Gasteiger partial charge in [-0.25, -0.2) is 4.79 Å². The lowest BCUT2D eigenvalue weighted by atomic mass is 10.0. The van der Waals surface area contributed by atoms with E-state index in [-0.39, 0.29) is 18.2 Å². The molecular formula is C20H27N3O5. The van der Waals surface area contributed by atoms with E-state index in [0.717, 1.165) is 12.0 Å². The minimum atomic E-state index is -1.31. The van der Waals surface area contributed by atoms with E-state index in [0.29, 0.717) is 25.8 Å². The van der Waals surface area contributed by atoms with Crippen LogP contribution >= 0.6 is 0 Å². The van der Waals surface area contributed by atoms with Crippen LogP contribution in [0.25, 0.3) is 0 Å². The molecule has 0 bridgehead atoms. The zero-order valence-electron chi connectivity index (χ0n) is 16.0. The largest absolute Gasteiger partial charge is 0.480 e. The second-order valence-corrected chi connectivity index (χ2v) is 6.97. The zero-order chi connectivity index (χ0) is 20.5. The standard InChI is InChI=1S/C20H27N3O5/c1-23-16(12-14-8-4-2-5-9-14)19(26)21-11-7-3-6-10-17(24)22-15(20(27)28)13-18(23)25/h2,4-5,8-9,15-16H,3,6-7,10-13H2,1H3,(H,21,26)(H,22,24)(H,27,28)/t15-,16-/m0/s1. The monoisotopic (exact) mass is 389 g/mol. The average molecular weight is 389 g/mol. The second-order valence-electron chi connectivity index (χ2n) is 6.97. The smallest absolute Gasteiger partial charge is 0.326 e. The molecule has 0 spiro atoms. The van der Waals surface area contributed by atoms with Crippen LogP contribution in [-0.2, 0) is 25.6 Å². The SMILES string of the molecule is CN1C(=O)C[C@@H](C(=O)O)NC(=O)CCCCCNC(=O)[C@@H]1Cc1ccccc1. The van der Waals surface area contributed by atoms with Crippen molar-refractivity contribution in [1.29, 1.82) is 0 Å². The van der Waals surface area contributed by atoms with Crippen molar-refractivity contribution in [2.24, 2.45) is 0 Å². The molecule has 0 saturated carbocycles. The van der Waals surface area contributed by atoms with E-state index in [1.807, 2.05) is 30.3 Å². The van der Waals surface area contributed by atoms with Gasteiger partial charge in [0.1, 0.15) is 12.1 Å². The van der Waals surface area contributed by atoms with Gasteiger partial charge < -0.3 is 20.6 Å². The van der Waals surface area contributed by atoms with E-state index in [9.17, 15) is 24.3 Å². The van der Waals surface area contributed by atoms with Gasteiger partial charge in [-0.3, -0.25) is 14.4 Å². The summed E-state index contributed by atoms with van der Waals surface area (Å²) in [6.45, 7) is 0.464. The van der Waals surface area contributed by atoms with Crippen LogP contribution in [0, 0.1) is 0 Å². The van der Waals surface area contributed by atoms with Crippen LogP contribution in [0.2, 0.25) is 0 Å². The first kappa shape index (κ1) is 21.4. The molecule has 1 heterocycles. The molecular weight excluding hydrogens is 362 g/mol. The van der Waals surface area contributed by atoms with Gasteiger partial charge in [0.15, 0.2) is 0 Å². The average Bonchev–Trinajstić information content (AvgIpc) is 2.67. The molecule has 1 aliphatic heterocycles. The van der Waals surface area contributed by atoms with Crippen LogP contribution in [0.4, 0.5) is 0 Å². The molecule has 1 fully saturated rings. The predicted octanol–water partition coefficient (Wildman–Crippen LogP) is 0.706. The number of benzene rings is 1. The van der Waals surface area contributed by atoms with Crippen LogP contribution in [0.5, 0.6) is 0 Å². The van der Waals surface area contributed by atoms with Crippen molar-refractivity contribution >= 4 is 23.7 Å². The van der Waals surface area contributed by atoms with Crippen molar-refractivity contribution in [1.82, 2.24) is 15.5 Å². The Hall–Kier alpha value is -2.90. The van der Waals surface area contributed by atoms with Crippen molar-refractivity contribution in [3.63, 3.8) is 0 Å². The summed E-state index contributed by atoms with van der Waals surface area (Å²) in [5.41, 5.74) is 0.895. The van der Waals surface area contributed by atoms with E-state index < -0.39 is 30.4 Å². The fourth-order valence-corrected chi connectivity index (χ4v) is 3.12. The summed E-state index contributed by atoms with van der Waals surface area (Å²) in [5.74, 6) is -2.44. The third-order valence-electron chi connectivity index (χ3n) is 4.83. The van der Waals surface area contributed by atoms with Crippen molar-refractivity contribution in [3.05, 3.63) is 35.9 Å². The van der Waals surface area contributed by atoms with Gasteiger partial charge in [-0.1, -0.05) is 36.8 Å². The molecule has 3 amide bonds. The first-order valence-electron chi connectivity index (χ1n) is 9.48. The molecule has 1 aliphatic rings. The van der Waals surface area contributed by atoms with Gasteiger partial charge in [0, 0.05) is 26.4 Å². The van der Waals surface area contributed by atoms with Crippen LogP contribution < -0.4 is 10.6 Å². The highest BCUT2D eigenvalue weighted by Crippen LogP contribution is 2.12. The van der Waals surface area contributed by atoms with Crippen LogP contribution in [-0.4, -0.2) is 59.4 Å². The molecule has 2 atom stereocenters. The van der Waals surface area contributed by atoms with Gasteiger partial charge in [0.2, 0.25) is 17.7 Å². The molecule has 2 rings (SSSR count). The molecule has 0 radical (unpaired) electrons. The topological polar surface area (TPSA) is 116 Å². The lowest BCUT2D eigenvalue weighted by Gasteiger charge is -2.29. The normalized spacial score (nSPS) is 22.8. The number of nitrogens with zero attached hydrogens (tertiary/aromatic N) is 1. The molecule has 0 aromatic heterocycles. The Morgan fingerprint density at radius 3 is 2.54 bits per heavy atom. The highest BCUT2D eigenvalue weighted by atomic mass is 16.4. The van der Waals surface area contributed by atoms with E-state index in [1.54, 1.807) is 0 Å². The predicted molar refractivity (Wildman–Crippen MR) is 102 cm³/mol. The van der Waals surface area contributed by atoms with E-state index in [4.69, 9.17) is 0 Å². The number of aliphatic carboxylic acids is 1. The minimum absolute atomic E-state index is 0.193. The number of carbonyl (C=O) groups excluding carboxylic acids is 3. The Morgan fingerprint density at radius 2 is 1.86 bits per heavy atom. The van der Waals surface area contributed by atoms with Gasteiger partial charge >= 0.3 is 5.97 Å². The Kier molecular flexibility index (Phi) is 7.98. The fourth-order valence-electron chi connectivity index (χ4n) is 3.12. The van der Waals surface area contributed by atoms with Crippen molar-refractivity contribution in [2.45, 2.75) is 50.6 Å². The maximum absolute atomic E-state index is 12.7.